The van der Waals surface area contributed by atoms with Crippen LogP contribution in [0.3, 0.4) is 0 Å². The van der Waals surface area contributed by atoms with Crippen LogP contribution in [-0.2, 0) is 14.3 Å². The molecule has 0 aliphatic carbocycles. The van der Waals surface area contributed by atoms with Crippen LogP contribution in [0.5, 0.6) is 11.5 Å². The average Bonchev–Trinajstić information content (AvgIpc) is 3.37. The topological polar surface area (TPSA) is 117 Å². The van der Waals surface area contributed by atoms with Gasteiger partial charge in [-0.3, -0.25) is 18.9 Å². The number of fused-ring (bicyclic) bond motifs is 1. The van der Waals surface area contributed by atoms with Crippen molar-refractivity contribution in [3.63, 3.8) is 0 Å². The molecule has 2 aliphatic heterocycles. The molecule has 2 fully saturated rings. The molecule has 1 unspecified atom stereocenters. The minimum Gasteiger partial charge on any atom is -0.505 e. The number of methoxy groups -OCH3 is 1. The number of rotatable bonds is 6. The number of phenolic OH excluding ortho intramolecular Hbond substituents is 1. The van der Waals surface area contributed by atoms with Crippen LogP contribution in [-0.4, -0.2) is 87.6 Å². The lowest BCUT2D eigenvalue weighted by atomic mass is 9.96. The molecule has 37 heavy (non-hydrogen) atoms. The predicted molar refractivity (Wildman–Crippen MR) is 139 cm³/mol. The monoisotopic (exact) mass is 570 g/mol. The van der Waals surface area contributed by atoms with E-state index < -0.39 is 17.7 Å². The average molecular weight is 571 g/mol. The van der Waals surface area contributed by atoms with Gasteiger partial charge in [0.25, 0.3) is 11.7 Å². The fraction of sp³-hybridized carbons (Fsp3) is 0.346. The summed E-state index contributed by atoms with van der Waals surface area (Å²) in [6.07, 6.45) is 1.74. The number of hydrogen-bond donors (Lipinski definition) is 2. The standard InChI is InChI=1S/C26H27BrN4O6/c1-15-21(30-6-4-3-5-19(30)28-15)24(33)20-22(16-13-17(27)23(32)18(14-16)36-2)31(26(35)25(20)34)8-7-29-9-11-37-12-10-29/h3-6,13-14,22,32-33H,7-12H2,1-2H3/b24-20+. The number of ketones is 1. The second-order valence-corrected chi connectivity index (χ2v) is 9.83. The van der Waals surface area contributed by atoms with E-state index in [0.717, 1.165) is 13.1 Å². The zero-order valence-electron chi connectivity index (χ0n) is 20.5. The second-order valence-electron chi connectivity index (χ2n) is 8.97. The molecule has 2 N–H and O–H groups in total. The zero-order valence-corrected chi connectivity index (χ0v) is 22.1. The van der Waals surface area contributed by atoms with Crippen molar-refractivity contribution in [2.24, 2.45) is 0 Å². The Hall–Kier alpha value is -3.41. The highest BCUT2D eigenvalue weighted by Crippen LogP contribution is 2.44. The summed E-state index contributed by atoms with van der Waals surface area (Å²) in [5, 5.41) is 22.0. The maximum Gasteiger partial charge on any atom is 0.295 e. The van der Waals surface area contributed by atoms with Gasteiger partial charge in [-0.05, 0) is 52.7 Å². The number of aliphatic hydroxyl groups excluding tert-OH is 1. The molecule has 4 heterocycles. The van der Waals surface area contributed by atoms with Gasteiger partial charge in [-0.1, -0.05) is 6.07 Å². The lowest BCUT2D eigenvalue weighted by Gasteiger charge is -2.31. The van der Waals surface area contributed by atoms with Crippen LogP contribution in [0.15, 0.2) is 46.6 Å². The maximum atomic E-state index is 13.5. The summed E-state index contributed by atoms with van der Waals surface area (Å²) < 4.78 is 12.8. The molecule has 0 saturated carbocycles. The van der Waals surface area contributed by atoms with Crippen molar-refractivity contribution in [2.75, 3.05) is 46.5 Å². The first-order valence-corrected chi connectivity index (χ1v) is 12.7. The van der Waals surface area contributed by atoms with E-state index in [1.54, 1.807) is 41.8 Å². The van der Waals surface area contributed by atoms with Crippen LogP contribution in [0.25, 0.3) is 11.4 Å². The third kappa shape index (κ3) is 4.47. The highest BCUT2D eigenvalue weighted by molar-refractivity contribution is 9.10. The molecule has 194 valence electrons. The number of pyridine rings is 1. The number of phenols is 1. The molecule has 1 aromatic carbocycles. The number of likely N-dealkylation sites (tertiary alicyclic amines) is 1. The Morgan fingerprint density at radius 1 is 1.22 bits per heavy atom. The van der Waals surface area contributed by atoms with E-state index >= 15 is 0 Å². The van der Waals surface area contributed by atoms with Crippen molar-refractivity contribution in [3.8, 4) is 11.5 Å². The molecule has 2 saturated heterocycles. The minimum atomic E-state index is -0.902. The van der Waals surface area contributed by atoms with Crippen molar-refractivity contribution in [1.82, 2.24) is 19.2 Å². The minimum absolute atomic E-state index is 0.0413. The molecule has 2 aromatic heterocycles. The Balaban J connectivity index is 1.66. The van der Waals surface area contributed by atoms with Crippen LogP contribution in [0.1, 0.15) is 23.0 Å². The lowest BCUT2D eigenvalue weighted by Crippen LogP contribution is -2.42. The third-order valence-electron chi connectivity index (χ3n) is 6.82. The first kappa shape index (κ1) is 25.2. The molecule has 1 atom stereocenters. The van der Waals surface area contributed by atoms with E-state index in [-0.39, 0.29) is 29.4 Å². The largest absolute Gasteiger partial charge is 0.505 e. The Labute approximate surface area is 221 Å². The third-order valence-corrected chi connectivity index (χ3v) is 7.42. The highest BCUT2D eigenvalue weighted by atomic mass is 79.9. The summed E-state index contributed by atoms with van der Waals surface area (Å²) in [6, 6.07) is 7.73. The van der Waals surface area contributed by atoms with Crippen molar-refractivity contribution in [3.05, 3.63) is 63.5 Å². The molecule has 3 aromatic rings. The summed E-state index contributed by atoms with van der Waals surface area (Å²) >= 11 is 3.34. The van der Waals surface area contributed by atoms with E-state index in [2.05, 4.69) is 25.8 Å². The number of ether oxygens (including phenoxy) is 2. The molecule has 0 bridgehead atoms. The fourth-order valence-electron chi connectivity index (χ4n) is 4.96. The van der Waals surface area contributed by atoms with Crippen LogP contribution in [0.2, 0.25) is 0 Å². The van der Waals surface area contributed by atoms with Gasteiger partial charge < -0.3 is 24.6 Å². The first-order chi connectivity index (χ1) is 17.8. The summed E-state index contributed by atoms with van der Waals surface area (Å²) in [5.74, 6) is -1.72. The Morgan fingerprint density at radius 2 is 1.97 bits per heavy atom. The summed E-state index contributed by atoms with van der Waals surface area (Å²) in [4.78, 5) is 35.0. The van der Waals surface area contributed by atoms with Crippen LogP contribution < -0.4 is 4.74 Å². The summed E-state index contributed by atoms with van der Waals surface area (Å²) in [5.41, 5.74) is 1.94. The van der Waals surface area contributed by atoms with Crippen LogP contribution in [0, 0.1) is 6.92 Å². The van der Waals surface area contributed by atoms with E-state index in [4.69, 9.17) is 9.47 Å². The lowest BCUT2D eigenvalue weighted by molar-refractivity contribution is -0.140. The molecule has 0 radical (unpaired) electrons. The number of amides is 1. The van der Waals surface area contributed by atoms with Crippen molar-refractivity contribution in [1.29, 1.82) is 0 Å². The number of carbonyl (C=O) groups is 2. The number of morpholine rings is 1. The number of aliphatic hydroxyl groups is 1. The smallest absolute Gasteiger partial charge is 0.295 e. The number of benzene rings is 1. The Morgan fingerprint density at radius 3 is 2.70 bits per heavy atom. The zero-order chi connectivity index (χ0) is 26.3. The highest BCUT2D eigenvalue weighted by Gasteiger charge is 2.47. The van der Waals surface area contributed by atoms with Gasteiger partial charge in [-0.2, -0.15) is 0 Å². The van der Waals surface area contributed by atoms with Gasteiger partial charge in [0.2, 0.25) is 0 Å². The van der Waals surface area contributed by atoms with E-state index in [1.165, 1.54) is 12.0 Å². The van der Waals surface area contributed by atoms with Crippen molar-refractivity contribution >= 4 is 39.0 Å². The number of imidazole rings is 1. The molecule has 11 heteroatoms. The fourth-order valence-corrected chi connectivity index (χ4v) is 5.42. The number of aromatic nitrogens is 2. The second kappa shape index (κ2) is 10.2. The predicted octanol–water partition coefficient (Wildman–Crippen LogP) is 2.87. The van der Waals surface area contributed by atoms with Gasteiger partial charge >= 0.3 is 0 Å². The Kier molecular flexibility index (Phi) is 6.93. The molecular weight excluding hydrogens is 544 g/mol. The van der Waals surface area contributed by atoms with Crippen molar-refractivity contribution in [2.45, 2.75) is 13.0 Å². The number of carbonyl (C=O) groups excluding carboxylic acids is 2. The number of Topliss-reactive ketones (excluding diaryl/α,β-unsaturated/α-hetero) is 1. The molecule has 2 aliphatic rings. The number of aryl methyl sites for hydroxylation is 1. The number of nitrogens with zero attached hydrogens (tertiary/aromatic N) is 4. The number of hydrogen-bond acceptors (Lipinski definition) is 8. The quantitative estimate of drug-likeness (QED) is 0.264. The van der Waals surface area contributed by atoms with Crippen LogP contribution >= 0.6 is 15.9 Å². The summed E-state index contributed by atoms with van der Waals surface area (Å²) in [7, 11) is 1.42. The Bertz CT molecular complexity index is 1410. The normalized spacial score (nSPS) is 20.2. The first-order valence-electron chi connectivity index (χ1n) is 11.9. The van der Waals surface area contributed by atoms with E-state index in [1.807, 2.05) is 6.07 Å². The maximum absolute atomic E-state index is 13.5. The number of aromatic hydroxyl groups is 1. The van der Waals surface area contributed by atoms with Crippen molar-refractivity contribution < 1.29 is 29.3 Å². The summed E-state index contributed by atoms with van der Waals surface area (Å²) in [6.45, 7) is 5.22. The van der Waals surface area contributed by atoms with Gasteiger partial charge in [0.15, 0.2) is 17.3 Å². The molecule has 1 amide bonds. The molecular formula is C26H27BrN4O6. The molecule has 0 spiro atoms. The van der Waals surface area contributed by atoms with Gasteiger partial charge in [-0.15, -0.1) is 0 Å². The molecule has 10 nitrogen and oxygen atoms in total. The van der Waals surface area contributed by atoms with Gasteiger partial charge in [0.05, 0.1) is 42.1 Å². The van der Waals surface area contributed by atoms with E-state index in [9.17, 15) is 19.8 Å². The van der Waals surface area contributed by atoms with Crippen LogP contribution in [0.4, 0.5) is 0 Å². The van der Waals surface area contributed by atoms with Gasteiger partial charge in [0, 0.05) is 32.4 Å². The van der Waals surface area contributed by atoms with E-state index in [0.29, 0.717) is 46.8 Å². The van der Waals surface area contributed by atoms with Gasteiger partial charge in [0.1, 0.15) is 11.3 Å². The van der Waals surface area contributed by atoms with Gasteiger partial charge in [-0.25, -0.2) is 4.98 Å². The molecule has 5 rings (SSSR count). The SMILES string of the molecule is COc1cc(C2/C(=C(\O)c3c(C)nc4ccccn34)C(=O)C(=O)N2CCN2CCOCC2)cc(Br)c1O. The number of halogens is 1.